The lowest BCUT2D eigenvalue weighted by molar-refractivity contribution is 0.430. The maximum atomic E-state index is 6.17. The Labute approximate surface area is 96.2 Å². The smallest absolute Gasteiger partial charge is 0.257 e. The summed E-state index contributed by atoms with van der Waals surface area (Å²) in [7, 11) is 0. The number of hydrogen-bond donors (Lipinski definition) is 1. The average Bonchev–Trinajstić information content (AvgIpc) is 2.84. The molecule has 0 saturated heterocycles. The van der Waals surface area contributed by atoms with Crippen molar-refractivity contribution in [1.29, 1.82) is 0 Å². The van der Waals surface area contributed by atoms with Crippen molar-refractivity contribution in [2.45, 2.75) is 6.92 Å². The van der Waals surface area contributed by atoms with Gasteiger partial charge in [-0.2, -0.15) is 4.98 Å². The third kappa shape index (κ3) is 1.39. The zero-order valence-corrected chi connectivity index (χ0v) is 9.25. The minimum Gasteiger partial charge on any atom is -0.357 e. The highest BCUT2D eigenvalue weighted by Gasteiger charge is 2.09. The van der Waals surface area contributed by atoms with Gasteiger partial charge in [0.1, 0.15) is 0 Å². The van der Waals surface area contributed by atoms with Crippen LogP contribution in [0.2, 0.25) is 5.02 Å². The Morgan fingerprint density at radius 2 is 2.19 bits per heavy atom. The van der Waals surface area contributed by atoms with E-state index in [1.54, 1.807) is 0 Å². The van der Waals surface area contributed by atoms with Crippen LogP contribution in [-0.4, -0.2) is 15.1 Å². The van der Waals surface area contributed by atoms with E-state index >= 15 is 0 Å². The molecule has 2 aromatic heterocycles. The highest BCUT2D eigenvalue weighted by atomic mass is 35.5. The van der Waals surface area contributed by atoms with Crippen molar-refractivity contribution in [1.82, 2.24) is 15.1 Å². The van der Waals surface area contributed by atoms with Gasteiger partial charge in [-0.25, -0.2) is 0 Å². The van der Waals surface area contributed by atoms with E-state index in [4.69, 9.17) is 16.1 Å². The number of nitrogens with one attached hydrogen (secondary N) is 1. The van der Waals surface area contributed by atoms with Crippen molar-refractivity contribution >= 4 is 22.5 Å². The highest BCUT2D eigenvalue weighted by Crippen LogP contribution is 2.29. The lowest BCUT2D eigenvalue weighted by atomic mass is 10.1. The number of aromatic nitrogens is 3. The van der Waals surface area contributed by atoms with Crippen molar-refractivity contribution < 1.29 is 4.52 Å². The van der Waals surface area contributed by atoms with E-state index in [9.17, 15) is 0 Å². The fraction of sp³-hybridized carbons (Fsp3) is 0.0909. The first-order valence-electron chi connectivity index (χ1n) is 4.80. The first-order chi connectivity index (χ1) is 7.74. The van der Waals surface area contributed by atoms with E-state index in [0.29, 0.717) is 10.9 Å². The molecule has 80 valence electrons. The van der Waals surface area contributed by atoms with Gasteiger partial charge >= 0.3 is 0 Å². The van der Waals surface area contributed by atoms with Crippen LogP contribution in [0.5, 0.6) is 0 Å². The third-order valence-corrected chi connectivity index (χ3v) is 2.72. The molecule has 2 heterocycles. The monoisotopic (exact) mass is 233 g/mol. The van der Waals surface area contributed by atoms with Gasteiger partial charge in [-0.15, -0.1) is 0 Å². The van der Waals surface area contributed by atoms with E-state index < -0.39 is 0 Å². The van der Waals surface area contributed by atoms with Crippen LogP contribution in [0.25, 0.3) is 22.4 Å². The molecule has 1 N–H and O–H groups in total. The van der Waals surface area contributed by atoms with Crippen LogP contribution in [0.3, 0.4) is 0 Å². The van der Waals surface area contributed by atoms with Crippen LogP contribution in [0.15, 0.2) is 29.0 Å². The van der Waals surface area contributed by atoms with Gasteiger partial charge < -0.3 is 9.51 Å². The molecule has 1 aromatic carbocycles. The van der Waals surface area contributed by atoms with Crippen LogP contribution in [0, 0.1) is 6.92 Å². The summed E-state index contributed by atoms with van der Waals surface area (Å²) < 4.78 is 5.00. The molecule has 0 unspecified atom stereocenters. The molecule has 16 heavy (non-hydrogen) atoms. The quantitative estimate of drug-likeness (QED) is 0.702. The van der Waals surface area contributed by atoms with Gasteiger partial charge in [-0.3, -0.25) is 0 Å². The summed E-state index contributed by atoms with van der Waals surface area (Å²) in [6, 6.07) is 5.81. The van der Waals surface area contributed by atoms with Crippen molar-refractivity contribution in [2.75, 3.05) is 0 Å². The number of halogens is 1. The summed E-state index contributed by atoms with van der Waals surface area (Å²) in [6.07, 6.45) is 1.37. The lowest BCUT2D eigenvalue weighted by Crippen LogP contribution is -1.79. The number of fused-ring (bicyclic) bond motifs is 1. The van der Waals surface area contributed by atoms with Crippen molar-refractivity contribution in [2.24, 2.45) is 0 Å². The molecule has 5 heteroatoms. The van der Waals surface area contributed by atoms with Crippen LogP contribution in [-0.2, 0) is 0 Å². The third-order valence-electron chi connectivity index (χ3n) is 2.42. The van der Waals surface area contributed by atoms with Crippen LogP contribution >= 0.6 is 11.6 Å². The number of benzene rings is 1. The van der Waals surface area contributed by atoms with Gasteiger partial charge in [-0.05, 0) is 25.1 Å². The number of H-pyrrole nitrogens is 1. The second-order valence-corrected chi connectivity index (χ2v) is 4.03. The largest absolute Gasteiger partial charge is 0.357 e. The predicted octanol–water partition coefficient (Wildman–Crippen LogP) is 3.18. The molecule has 0 aliphatic carbocycles. The number of aromatic amines is 1. The predicted molar refractivity (Wildman–Crippen MR) is 61.3 cm³/mol. The molecule has 4 nitrogen and oxygen atoms in total. The number of aryl methyl sites for hydroxylation is 1. The van der Waals surface area contributed by atoms with Crippen LogP contribution < -0.4 is 0 Å². The van der Waals surface area contributed by atoms with Crippen LogP contribution in [0.4, 0.5) is 0 Å². The lowest BCUT2D eigenvalue weighted by Gasteiger charge is -1.98. The van der Waals surface area contributed by atoms with E-state index in [2.05, 4.69) is 15.1 Å². The van der Waals surface area contributed by atoms with Gasteiger partial charge in [0.2, 0.25) is 0 Å². The summed E-state index contributed by atoms with van der Waals surface area (Å²) in [4.78, 5) is 7.20. The molecule has 0 radical (unpaired) electrons. The molecule has 3 rings (SSSR count). The van der Waals surface area contributed by atoms with Crippen LogP contribution in [0.1, 0.15) is 5.69 Å². The second kappa shape index (κ2) is 3.35. The van der Waals surface area contributed by atoms with Crippen molar-refractivity contribution in [3.8, 4) is 11.5 Å². The normalized spacial score (nSPS) is 11.1. The Kier molecular flexibility index (Phi) is 1.97. The van der Waals surface area contributed by atoms with Gasteiger partial charge in [0.15, 0.2) is 6.33 Å². The van der Waals surface area contributed by atoms with Crippen molar-refractivity contribution in [3.05, 3.63) is 35.2 Å². The maximum Gasteiger partial charge on any atom is 0.257 e. The first-order valence-corrected chi connectivity index (χ1v) is 5.18. The van der Waals surface area contributed by atoms with E-state index in [0.717, 1.165) is 22.2 Å². The Morgan fingerprint density at radius 1 is 1.31 bits per heavy atom. The van der Waals surface area contributed by atoms with Crippen molar-refractivity contribution in [3.63, 3.8) is 0 Å². The molecule has 0 bridgehead atoms. The summed E-state index contributed by atoms with van der Waals surface area (Å²) in [5.74, 6) is 0.475. The fourth-order valence-corrected chi connectivity index (χ4v) is 2.04. The highest BCUT2D eigenvalue weighted by molar-refractivity contribution is 6.35. The molecule has 0 aliphatic rings. The standard InChI is InChI=1S/C11H8ClN3O/c1-6-2-7-3-8(11-13-5-14-16-11)4-9(12)10(7)15-6/h2-5,15H,1H3. The van der Waals surface area contributed by atoms with Gasteiger partial charge in [0.05, 0.1) is 10.5 Å². The number of rotatable bonds is 1. The molecule has 0 fully saturated rings. The summed E-state index contributed by atoms with van der Waals surface area (Å²) in [5, 5.41) is 5.27. The SMILES string of the molecule is Cc1cc2cc(-c3ncno3)cc(Cl)c2[nH]1. The van der Waals surface area contributed by atoms with E-state index in [1.807, 2.05) is 25.1 Å². The average molecular weight is 234 g/mol. The molecule has 3 aromatic rings. The molecule has 0 saturated carbocycles. The zero-order chi connectivity index (χ0) is 11.1. The summed E-state index contributed by atoms with van der Waals surface area (Å²) in [6.45, 7) is 1.99. The van der Waals surface area contributed by atoms with Gasteiger partial charge in [0.25, 0.3) is 5.89 Å². The minimum absolute atomic E-state index is 0.475. The van der Waals surface area contributed by atoms with Gasteiger partial charge in [0, 0.05) is 16.6 Å². The Balaban J connectivity index is 2.28. The topological polar surface area (TPSA) is 54.7 Å². The summed E-state index contributed by atoms with van der Waals surface area (Å²) in [5.41, 5.74) is 2.83. The first kappa shape index (κ1) is 9.42. The van der Waals surface area contributed by atoms with E-state index in [1.165, 1.54) is 6.33 Å². The molecular formula is C11H8ClN3O. The summed E-state index contributed by atoms with van der Waals surface area (Å²) >= 11 is 6.17. The zero-order valence-electron chi connectivity index (χ0n) is 8.49. The molecule has 0 spiro atoms. The fourth-order valence-electron chi connectivity index (χ4n) is 1.76. The Bertz CT molecular complexity index is 643. The van der Waals surface area contributed by atoms with Gasteiger partial charge in [-0.1, -0.05) is 16.8 Å². The molecular weight excluding hydrogens is 226 g/mol. The van der Waals surface area contributed by atoms with E-state index in [-0.39, 0.29) is 0 Å². The molecule has 0 atom stereocenters. The second-order valence-electron chi connectivity index (χ2n) is 3.62. The molecule has 0 aliphatic heterocycles. The molecule has 0 amide bonds. The Hall–Kier alpha value is -1.81. The number of nitrogens with zero attached hydrogens (tertiary/aromatic N) is 2. The minimum atomic E-state index is 0.475. The maximum absolute atomic E-state index is 6.17. The number of hydrogen-bond acceptors (Lipinski definition) is 3. The Morgan fingerprint density at radius 3 is 2.94 bits per heavy atom.